The third-order valence-electron chi connectivity index (χ3n) is 2.54. The van der Waals surface area contributed by atoms with Gasteiger partial charge >= 0.3 is 0 Å². The number of carbonyl (C=O) groups is 1. The SMILES string of the molecule is CC(N)c1nc(C(=O)Nc2cccc(OCC#N)c2)cs1. The smallest absolute Gasteiger partial charge is 0.275 e. The first-order valence-corrected chi connectivity index (χ1v) is 7.10. The van der Waals surface area contributed by atoms with Crippen molar-refractivity contribution in [1.29, 1.82) is 5.26 Å². The molecule has 0 aliphatic rings. The van der Waals surface area contributed by atoms with E-state index in [4.69, 9.17) is 15.7 Å². The molecule has 0 radical (unpaired) electrons. The average Bonchev–Trinajstić information content (AvgIpc) is 2.95. The minimum absolute atomic E-state index is 0.0404. The summed E-state index contributed by atoms with van der Waals surface area (Å²) in [5, 5.41) is 13.6. The molecule has 0 aliphatic carbocycles. The monoisotopic (exact) mass is 302 g/mol. The van der Waals surface area contributed by atoms with Crippen molar-refractivity contribution in [3.63, 3.8) is 0 Å². The zero-order chi connectivity index (χ0) is 15.2. The van der Waals surface area contributed by atoms with Gasteiger partial charge in [0.05, 0.1) is 6.04 Å². The molecule has 1 aromatic heterocycles. The predicted octanol–water partition coefficient (Wildman–Crippen LogP) is 2.32. The Morgan fingerprint density at radius 3 is 3.10 bits per heavy atom. The van der Waals surface area contributed by atoms with Crippen molar-refractivity contribution in [3.8, 4) is 11.8 Å². The Morgan fingerprint density at radius 2 is 2.43 bits per heavy atom. The van der Waals surface area contributed by atoms with Crippen molar-refractivity contribution in [1.82, 2.24) is 4.98 Å². The maximum absolute atomic E-state index is 12.1. The lowest BCUT2D eigenvalue weighted by atomic mass is 10.3. The summed E-state index contributed by atoms with van der Waals surface area (Å²) in [5.41, 5.74) is 6.62. The number of hydrogen-bond donors (Lipinski definition) is 2. The summed E-state index contributed by atoms with van der Waals surface area (Å²) in [6.07, 6.45) is 0. The number of nitrogens with two attached hydrogens (primary N) is 1. The van der Waals surface area contributed by atoms with Crippen LogP contribution in [0.5, 0.6) is 5.75 Å². The van der Waals surface area contributed by atoms with Crippen LogP contribution in [0.15, 0.2) is 29.6 Å². The van der Waals surface area contributed by atoms with Gasteiger partial charge in [-0.15, -0.1) is 11.3 Å². The minimum atomic E-state index is -0.310. The highest BCUT2D eigenvalue weighted by atomic mass is 32.1. The molecule has 1 amide bonds. The normalized spacial score (nSPS) is 11.5. The number of benzene rings is 1. The van der Waals surface area contributed by atoms with Gasteiger partial charge in [0.25, 0.3) is 5.91 Å². The van der Waals surface area contributed by atoms with E-state index in [0.717, 1.165) is 0 Å². The minimum Gasteiger partial charge on any atom is -0.479 e. The number of anilines is 1. The zero-order valence-corrected chi connectivity index (χ0v) is 12.2. The molecular weight excluding hydrogens is 288 g/mol. The summed E-state index contributed by atoms with van der Waals surface area (Å²) in [4.78, 5) is 16.3. The maximum Gasteiger partial charge on any atom is 0.275 e. The highest BCUT2D eigenvalue weighted by Gasteiger charge is 2.13. The lowest BCUT2D eigenvalue weighted by Crippen LogP contribution is -2.13. The van der Waals surface area contributed by atoms with E-state index in [1.807, 2.05) is 13.0 Å². The molecule has 0 aliphatic heterocycles. The summed E-state index contributed by atoms with van der Waals surface area (Å²) in [6, 6.07) is 8.51. The molecule has 2 aromatic rings. The van der Waals surface area contributed by atoms with Gasteiger partial charge in [-0.05, 0) is 19.1 Å². The number of rotatable bonds is 5. The van der Waals surface area contributed by atoms with Crippen molar-refractivity contribution in [2.24, 2.45) is 5.73 Å². The van der Waals surface area contributed by atoms with E-state index >= 15 is 0 Å². The van der Waals surface area contributed by atoms with E-state index < -0.39 is 0 Å². The van der Waals surface area contributed by atoms with Crippen LogP contribution in [0.25, 0.3) is 0 Å². The van der Waals surface area contributed by atoms with Crippen molar-refractivity contribution in [2.75, 3.05) is 11.9 Å². The molecule has 3 N–H and O–H groups in total. The first-order chi connectivity index (χ1) is 10.1. The Kier molecular flexibility index (Phi) is 4.87. The van der Waals surface area contributed by atoms with Gasteiger partial charge in [0.1, 0.15) is 22.5 Å². The van der Waals surface area contributed by atoms with Gasteiger partial charge < -0.3 is 15.8 Å². The highest BCUT2D eigenvalue weighted by molar-refractivity contribution is 7.09. The van der Waals surface area contributed by atoms with Gasteiger partial charge in [0.15, 0.2) is 6.61 Å². The van der Waals surface area contributed by atoms with Gasteiger partial charge in [0, 0.05) is 17.1 Å². The molecule has 1 unspecified atom stereocenters. The molecule has 21 heavy (non-hydrogen) atoms. The van der Waals surface area contributed by atoms with Crippen LogP contribution in [0.4, 0.5) is 5.69 Å². The highest BCUT2D eigenvalue weighted by Crippen LogP contribution is 2.20. The van der Waals surface area contributed by atoms with Crippen LogP contribution in [-0.4, -0.2) is 17.5 Å². The van der Waals surface area contributed by atoms with Crippen molar-refractivity contribution in [3.05, 3.63) is 40.3 Å². The van der Waals surface area contributed by atoms with E-state index in [9.17, 15) is 4.79 Å². The summed E-state index contributed by atoms with van der Waals surface area (Å²) < 4.78 is 5.18. The average molecular weight is 302 g/mol. The summed E-state index contributed by atoms with van der Waals surface area (Å²) in [6.45, 7) is 1.78. The molecule has 7 heteroatoms. The number of hydrogen-bond acceptors (Lipinski definition) is 6. The Labute approximate surface area is 126 Å². The number of nitrogens with one attached hydrogen (secondary N) is 1. The molecule has 2 rings (SSSR count). The van der Waals surface area contributed by atoms with E-state index in [0.29, 0.717) is 22.1 Å². The molecule has 6 nitrogen and oxygen atoms in total. The van der Waals surface area contributed by atoms with E-state index in [1.54, 1.807) is 29.6 Å². The van der Waals surface area contributed by atoms with Gasteiger partial charge in [-0.25, -0.2) is 4.98 Å². The van der Waals surface area contributed by atoms with Crippen molar-refractivity contribution >= 4 is 22.9 Å². The van der Waals surface area contributed by atoms with Gasteiger partial charge in [-0.1, -0.05) is 6.07 Å². The summed E-state index contributed by atoms with van der Waals surface area (Å²) in [7, 11) is 0. The van der Waals surface area contributed by atoms with Gasteiger partial charge in [0.2, 0.25) is 0 Å². The molecule has 0 saturated heterocycles. The topological polar surface area (TPSA) is 101 Å². The lowest BCUT2D eigenvalue weighted by molar-refractivity contribution is 0.102. The van der Waals surface area contributed by atoms with Crippen LogP contribution in [0, 0.1) is 11.3 Å². The van der Waals surface area contributed by atoms with Crippen molar-refractivity contribution < 1.29 is 9.53 Å². The third kappa shape index (κ3) is 4.02. The van der Waals surface area contributed by atoms with E-state index in [-0.39, 0.29) is 18.6 Å². The number of thiazole rings is 1. The number of amides is 1. The van der Waals surface area contributed by atoms with Crippen LogP contribution < -0.4 is 15.8 Å². The van der Waals surface area contributed by atoms with Gasteiger partial charge in [-0.3, -0.25) is 4.79 Å². The molecule has 108 valence electrons. The van der Waals surface area contributed by atoms with Crippen LogP contribution in [0.1, 0.15) is 28.5 Å². The van der Waals surface area contributed by atoms with Crippen LogP contribution in [0.2, 0.25) is 0 Å². The van der Waals surface area contributed by atoms with Crippen molar-refractivity contribution in [2.45, 2.75) is 13.0 Å². The summed E-state index contributed by atoms with van der Waals surface area (Å²) >= 11 is 1.35. The number of nitriles is 1. The molecule has 0 bridgehead atoms. The van der Waals surface area contributed by atoms with Crippen LogP contribution in [-0.2, 0) is 0 Å². The fourth-order valence-electron chi connectivity index (χ4n) is 1.58. The molecule has 1 heterocycles. The molecule has 1 atom stereocenters. The standard InChI is InChI=1S/C14H14N4O2S/c1-9(16)14-18-12(8-21-14)13(19)17-10-3-2-4-11(7-10)20-6-5-15/h2-4,7-9H,6,16H2,1H3,(H,17,19). The fraction of sp³-hybridized carbons (Fsp3) is 0.214. The number of carbonyl (C=O) groups excluding carboxylic acids is 1. The second kappa shape index (κ2) is 6.83. The second-order valence-corrected chi connectivity index (χ2v) is 5.18. The molecule has 0 fully saturated rings. The Balaban J connectivity index is 2.06. The predicted molar refractivity (Wildman–Crippen MR) is 80.2 cm³/mol. The molecule has 1 aromatic carbocycles. The first-order valence-electron chi connectivity index (χ1n) is 6.22. The quantitative estimate of drug-likeness (QED) is 0.882. The second-order valence-electron chi connectivity index (χ2n) is 4.29. The zero-order valence-electron chi connectivity index (χ0n) is 11.4. The lowest BCUT2D eigenvalue weighted by Gasteiger charge is -2.06. The molecule has 0 spiro atoms. The molecular formula is C14H14N4O2S. The van der Waals surface area contributed by atoms with E-state index in [1.165, 1.54) is 11.3 Å². The summed E-state index contributed by atoms with van der Waals surface area (Å²) in [5.74, 6) is 0.208. The van der Waals surface area contributed by atoms with E-state index in [2.05, 4.69) is 10.3 Å². The van der Waals surface area contributed by atoms with Crippen LogP contribution in [0.3, 0.4) is 0 Å². The Hall–Kier alpha value is -2.43. The Morgan fingerprint density at radius 1 is 1.62 bits per heavy atom. The van der Waals surface area contributed by atoms with Crippen LogP contribution >= 0.6 is 11.3 Å². The number of ether oxygens (including phenoxy) is 1. The maximum atomic E-state index is 12.1. The van der Waals surface area contributed by atoms with Gasteiger partial charge in [-0.2, -0.15) is 5.26 Å². The fourth-order valence-corrected chi connectivity index (χ4v) is 2.33. The number of nitrogens with zero attached hydrogens (tertiary/aromatic N) is 2. The largest absolute Gasteiger partial charge is 0.479 e. The Bertz CT molecular complexity index is 676. The third-order valence-corrected chi connectivity index (χ3v) is 3.59. The molecule has 0 saturated carbocycles. The first kappa shape index (κ1) is 15.0. The number of aromatic nitrogens is 1.